The Morgan fingerprint density at radius 3 is 2.45 bits per heavy atom. The maximum atomic E-state index is 11.6. The molecule has 3 nitrogen and oxygen atoms in total. The maximum Gasteiger partial charge on any atom is 0.308 e. The Bertz CT molecular complexity index is 504. The largest absolute Gasteiger partial charge is 0.466 e. The van der Waals surface area contributed by atoms with Crippen LogP contribution in [0.25, 0.3) is 0 Å². The molecule has 1 aromatic carbocycles. The molecule has 2 aliphatic rings. The third-order valence-electron chi connectivity index (χ3n) is 4.88. The van der Waals surface area contributed by atoms with Crippen LogP contribution in [0.4, 0.5) is 0 Å². The van der Waals surface area contributed by atoms with Crippen molar-refractivity contribution in [3.63, 3.8) is 0 Å². The third-order valence-corrected chi connectivity index (χ3v) is 4.88. The van der Waals surface area contributed by atoms with Crippen LogP contribution in [0.1, 0.15) is 54.4 Å². The molecule has 3 rings (SSSR count). The second-order valence-corrected chi connectivity index (χ2v) is 6.25. The van der Waals surface area contributed by atoms with Crippen LogP contribution in [0.15, 0.2) is 24.3 Å². The summed E-state index contributed by atoms with van der Waals surface area (Å²) < 4.78 is 5.07. The number of hydrogen-bond donors (Lipinski definition) is 0. The van der Waals surface area contributed by atoms with E-state index in [4.69, 9.17) is 4.74 Å². The molecule has 106 valence electrons. The van der Waals surface area contributed by atoms with Gasteiger partial charge in [-0.3, -0.25) is 9.59 Å². The summed E-state index contributed by atoms with van der Waals surface area (Å²) in [6, 6.07) is 7.89. The standard InChI is InChI=1S/C17H20O3/c1-2-20-16(19)15-9-17(10-15)7-14(8-17)13-5-3-12(11-18)4-6-13/h3-6,11,14-15H,2,7-10H2,1H3. The first-order chi connectivity index (χ1) is 9.65. The van der Waals surface area contributed by atoms with Crippen molar-refractivity contribution in [3.05, 3.63) is 35.4 Å². The first kappa shape index (κ1) is 13.3. The minimum Gasteiger partial charge on any atom is -0.466 e. The van der Waals surface area contributed by atoms with Crippen molar-refractivity contribution in [2.24, 2.45) is 11.3 Å². The molecule has 0 amide bonds. The van der Waals surface area contributed by atoms with E-state index in [-0.39, 0.29) is 11.9 Å². The highest BCUT2D eigenvalue weighted by atomic mass is 16.5. The lowest BCUT2D eigenvalue weighted by Crippen LogP contribution is -2.49. The van der Waals surface area contributed by atoms with E-state index in [2.05, 4.69) is 12.1 Å². The van der Waals surface area contributed by atoms with Gasteiger partial charge in [-0.05, 0) is 49.5 Å². The van der Waals surface area contributed by atoms with Gasteiger partial charge in [0.15, 0.2) is 0 Å². The normalized spacial score (nSPS) is 31.2. The van der Waals surface area contributed by atoms with Crippen LogP contribution in [0.5, 0.6) is 0 Å². The summed E-state index contributed by atoms with van der Waals surface area (Å²) >= 11 is 0. The van der Waals surface area contributed by atoms with Crippen molar-refractivity contribution in [1.82, 2.24) is 0 Å². The lowest BCUT2D eigenvalue weighted by atomic mass is 9.47. The van der Waals surface area contributed by atoms with Crippen LogP contribution in [0.2, 0.25) is 0 Å². The number of rotatable bonds is 4. The zero-order valence-electron chi connectivity index (χ0n) is 11.8. The minimum atomic E-state index is -0.0167. The Kier molecular flexibility index (Phi) is 3.36. The van der Waals surface area contributed by atoms with Crippen LogP contribution < -0.4 is 0 Å². The Balaban J connectivity index is 1.52. The molecule has 0 radical (unpaired) electrons. The SMILES string of the molecule is CCOC(=O)C1CC2(C1)CC(c1ccc(C=O)cc1)C2. The average Bonchev–Trinajstić information content (AvgIpc) is 2.36. The molecule has 0 saturated heterocycles. The summed E-state index contributed by atoms with van der Waals surface area (Å²) in [4.78, 5) is 22.3. The molecule has 0 N–H and O–H groups in total. The van der Waals surface area contributed by atoms with E-state index in [1.807, 2.05) is 19.1 Å². The van der Waals surface area contributed by atoms with Gasteiger partial charge in [-0.25, -0.2) is 0 Å². The summed E-state index contributed by atoms with van der Waals surface area (Å²) in [5.74, 6) is 0.712. The van der Waals surface area contributed by atoms with Crippen LogP contribution >= 0.6 is 0 Å². The monoisotopic (exact) mass is 272 g/mol. The second-order valence-electron chi connectivity index (χ2n) is 6.25. The first-order valence-electron chi connectivity index (χ1n) is 7.37. The predicted octanol–water partition coefficient (Wildman–Crippen LogP) is 3.34. The summed E-state index contributed by atoms with van der Waals surface area (Å²) in [6.45, 7) is 2.34. The summed E-state index contributed by atoms with van der Waals surface area (Å²) in [5.41, 5.74) is 2.44. The number of esters is 1. The van der Waals surface area contributed by atoms with Gasteiger partial charge in [0.25, 0.3) is 0 Å². The molecule has 0 aromatic heterocycles. The van der Waals surface area contributed by atoms with Gasteiger partial charge in [-0.2, -0.15) is 0 Å². The molecule has 0 aliphatic heterocycles. The Morgan fingerprint density at radius 1 is 1.25 bits per heavy atom. The topological polar surface area (TPSA) is 43.4 Å². The highest BCUT2D eigenvalue weighted by Crippen LogP contribution is 2.64. The van der Waals surface area contributed by atoms with Gasteiger partial charge in [-0.15, -0.1) is 0 Å². The van der Waals surface area contributed by atoms with Gasteiger partial charge < -0.3 is 4.74 Å². The van der Waals surface area contributed by atoms with E-state index in [1.165, 1.54) is 18.4 Å². The van der Waals surface area contributed by atoms with E-state index in [0.717, 1.165) is 24.7 Å². The number of ether oxygens (including phenoxy) is 1. The van der Waals surface area contributed by atoms with Gasteiger partial charge >= 0.3 is 5.97 Å². The summed E-state index contributed by atoms with van der Waals surface area (Å²) in [7, 11) is 0. The fraction of sp³-hybridized carbons (Fsp3) is 0.529. The highest BCUT2D eigenvalue weighted by molar-refractivity contribution is 5.75. The molecule has 1 spiro atoms. The summed E-state index contributed by atoms with van der Waals surface area (Å²) in [5, 5.41) is 0. The Morgan fingerprint density at radius 2 is 1.90 bits per heavy atom. The fourth-order valence-corrected chi connectivity index (χ4v) is 3.81. The van der Waals surface area contributed by atoms with Crippen molar-refractivity contribution in [1.29, 1.82) is 0 Å². The number of benzene rings is 1. The molecule has 0 atom stereocenters. The molecule has 2 aliphatic carbocycles. The summed E-state index contributed by atoms with van der Waals surface area (Å²) in [6.07, 6.45) is 5.21. The zero-order valence-corrected chi connectivity index (χ0v) is 11.8. The van der Waals surface area contributed by atoms with Crippen LogP contribution in [-0.2, 0) is 9.53 Å². The Labute approximate surface area is 119 Å². The molecule has 2 fully saturated rings. The second kappa shape index (κ2) is 5.04. The average molecular weight is 272 g/mol. The van der Waals surface area contributed by atoms with Crippen molar-refractivity contribution < 1.29 is 14.3 Å². The predicted molar refractivity (Wildman–Crippen MR) is 75.6 cm³/mol. The van der Waals surface area contributed by atoms with Gasteiger partial charge in [0.05, 0.1) is 12.5 Å². The quantitative estimate of drug-likeness (QED) is 0.623. The molecule has 0 heterocycles. The molecule has 3 heteroatoms. The van der Waals surface area contributed by atoms with Crippen LogP contribution in [0.3, 0.4) is 0 Å². The lowest BCUT2D eigenvalue weighted by molar-refractivity contribution is -0.161. The van der Waals surface area contributed by atoms with E-state index < -0.39 is 0 Å². The van der Waals surface area contributed by atoms with Crippen molar-refractivity contribution in [2.75, 3.05) is 6.61 Å². The molecule has 0 bridgehead atoms. The van der Waals surface area contributed by atoms with Crippen molar-refractivity contribution >= 4 is 12.3 Å². The van der Waals surface area contributed by atoms with Gasteiger partial charge in [-0.1, -0.05) is 24.3 Å². The first-order valence-corrected chi connectivity index (χ1v) is 7.37. The van der Waals surface area contributed by atoms with Crippen LogP contribution in [0, 0.1) is 11.3 Å². The molecule has 20 heavy (non-hydrogen) atoms. The smallest absolute Gasteiger partial charge is 0.308 e. The van der Waals surface area contributed by atoms with Gasteiger partial charge in [0.2, 0.25) is 0 Å². The zero-order chi connectivity index (χ0) is 14.2. The fourth-order valence-electron chi connectivity index (χ4n) is 3.81. The van der Waals surface area contributed by atoms with E-state index >= 15 is 0 Å². The Hall–Kier alpha value is -1.64. The molecule has 0 unspecified atom stereocenters. The van der Waals surface area contributed by atoms with Crippen LogP contribution in [-0.4, -0.2) is 18.9 Å². The number of aldehydes is 1. The van der Waals surface area contributed by atoms with E-state index in [0.29, 0.717) is 17.9 Å². The van der Waals surface area contributed by atoms with Gasteiger partial charge in [0, 0.05) is 5.56 Å². The minimum absolute atomic E-state index is 0.0167. The number of carbonyl (C=O) groups excluding carboxylic acids is 2. The number of carbonyl (C=O) groups is 2. The molecular formula is C17H20O3. The number of hydrogen-bond acceptors (Lipinski definition) is 3. The van der Waals surface area contributed by atoms with E-state index in [1.54, 1.807) is 0 Å². The molecular weight excluding hydrogens is 252 g/mol. The van der Waals surface area contributed by atoms with Crippen molar-refractivity contribution in [3.8, 4) is 0 Å². The van der Waals surface area contributed by atoms with E-state index in [9.17, 15) is 9.59 Å². The molecule has 1 aromatic rings. The van der Waals surface area contributed by atoms with Crippen molar-refractivity contribution in [2.45, 2.75) is 38.5 Å². The highest BCUT2D eigenvalue weighted by Gasteiger charge is 2.55. The van der Waals surface area contributed by atoms with Gasteiger partial charge in [0.1, 0.15) is 6.29 Å². The third kappa shape index (κ3) is 2.26. The maximum absolute atomic E-state index is 11.6. The lowest BCUT2D eigenvalue weighted by Gasteiger charge is -2.57. The molecule has 2 saturated carbocycles.